The molecule has 0 radical (unpaired) electrons. The van der Waals surface area contributed by atoms with Crippen molar-refractivity contribution in [2.45, 2.75) is 58.6 Å². The first kappa shape index (κ1) is 19.1. The molecule has 2 rings (SSSR count). The molecular weight excluding hydrogens is 320 g/mol. The Morgan fingerprint density at radius 2 is 2.08 bits per heavy atom. The lowest BCUT2D eigenvalue weighted by atomic mass is 10.0. The molecule has 0 bridgehead atoms. The van der Waals surface area contributed by atoms with Crippen LogP contribution in [0.1, 0.15) is 45.2 Å². The van der Waals surface area contributed by atoms with Crippen LogP contribution in [0, 0.1) is 0 Å². The number of alkyl carbamates (subject to hydrolysis) is 1. The molecule has 1 aliphatic rings. The van der Waals surface area contributed by atoms with Crippen LogP contribution < -0.4 is 10.2 Å². The highest BCUT2D eigenvalue weighted by molar-refractivity contribution is 5.80. The van der Waals surface area contributed by atoms with Gasteiger partial charge in [0.15, 0.2) is 0 Å². The Balaban J connectivity index is 2.05. The second-order valence-electron chi connectivity index (χ2n) is 7.44. The van der Waals surface area contributed by atoms with Crippen molar-refractivity contribution in [1.29, 1.82) is 0 Å². The fraction of sp³-hybridized carbons (Fsp3) is 0.579. The Hall–Kier alpha value is -2.24. The zero-order valence-corrected chi connectivity index (χ0v) is 15.5. The van der Waals surface area contributed by atoms with Gasteiger partial charge in [0.2, 0.25) is 0 Å². The average Bonchev–Trinajstić information content (AvgIpc) is 2.87. The van der Waals surface area contributed by atoms with Crippen molar-refractivity contribution in [1.82, 2.24) is 5.32 Å². The summed E-state index contributed by atoms with van der Waals surface area (Å²) in [4.78, 5) is 25.7. The fourth-order valence-electron chi connectivity index (χ4n) is 3.04. The first-order valence-corrected chi connectivity index (χ1v) is 8.78. The standard InChI is InChI=1S/C19H28N2O4/c1-5-9-21-10-8-14-11-13(6-7-16(14)21)12-15(17(22)23)20-18(24)25-19(2,3)4/h6-7,11,15H,5,8-10,12H2,1-4H3,(H,20,24)(H,22,23). The number of amides is 1. The molecule has 0 spiro atoms. The lowest BCUT2D eigenvalue weighted by Crippen LogP contribution is -2.44. The average molecular weight is 348 g/mol. The Bertz CT molecular complexity index is 637. The van der Waals surface area contributed by atoms with Gasteiger partial charge in [-0.05, 0) is 50.8 Å². The van der Waals surface area contributed by atoms with Crippen LogP contribution in [0.3, 0.4) is 0 Å². The van der Waals surface area contributed by atoms with Crippen LogP contribution >= 0.6 is 0 Å². The highest BCUT2D eigenvalue weighted by Gasteiger charge is 2.25. The van der Waals surface area contributed by atoms with Gasteiger partial charge in [-0.25, -0.2) is 9.59 Å². The number of aliphatic carboxylic acids is 1. The molecule has 1 heterocycles. The molecule has 1 atom stereocenters. The van der Waals surface area contributed by atoms with Gasteiger partial charge in [-0.1, -0.05) is 19.1 Å². The molecule has 6 nitrogen and oxygen atoms in total. The molecule has 25 heavy (non-hydrogen) atoms. The summed E-state index contributed by atoms with van der Waals surface area (Å²) in [6.07, 6.45) is 1.59. The Morgan fingerprint density at radius 1 is 1.36 bits per heavy atom. The smallest absolute Gasteiger partial charge is 0.408 e. The highest BCUT2D eigenvalue weighted by Crippen LogP contribution is 2.29. The maximum atomic E-state index is 11.9. The van der Waals surface area contributed by atoms with E-state index in [-0.39, 0.29) is 6.42 Å². The molecule has 0 aromatic heterocycles. The Kier molecular flexibility index (Phi) is 5.93. The zero-order chi connectivity index (χ0) is 18.6. The molecule has 1 aromatic rings. The van der Waals surface area contributed by atoms with E-state index in [2.05, 4.69) is 29.3 Å². The minimum atomic E-state index is -1.07. The third kappa shape index (κ3) is 5.37. The quantitative estimate of drug-likeness (QED) is 0.826. The minimum absolute atomic E-state index is 0.232. The number of benzene rings is 1. The van der Waals surface area contributed by atoms with Crippen molar-refractivity contribution < 1.29 is 19.4 Å². The summed E-state index contributed by atoms with van der Waals surface area (Å²) in [6.45, 7) is 9.42. The fourth-order valence-corrected chi connectivity index (χ4v) is 3.04. The predicted octanol–water partition coefficient (Wildman–Crippen LogP) is 2.98. The molecule has 1 unspecified atom stereocenters. The normalized spacial score (nSPS) is 14.8. The van der Waals surface area contributed by atoms with E-state index in [1.54, 1.807) is 20.8 Å². The van der Waals surface area contributed by atoms with Crippen molar-refractivity contribution >= 4 is 17.7 Å². The number of rotatable bonds is 6. The van der Waals surface area contributed by atoms with Gasteiger partial charge in [0, 0.05) is 25.2 Å². The lowest BCUT2D eigenvalue weighted by Gasteiger charge is -2.22. The predicted molar refractivity (Wildman–Crippen MR) is 97.1 cm³/mol. The van der Waals surface area contributed by atoms with Crippen LogP contribution in [-0.2, 0) is 22.4 Å². The van der Waals surface area contributed by atoms with Gasteiger partial charge in [0.1, 0.15) is 11.6 Å². The van der Waals surface area contributed by atoms with Crippen molar-refractivity contribution in [3.05, 3.63) is 29.3 Å². The first-order valence-electron chi connectivity index (χ1n) is 8.78. The van der Waals surface area contributed by atoms with Gasteiger partial charge < -0.3 is 20.1 Å². The van der Waals surface area contributed by atoms with E-state index in [0.29, 0.717) is 0 Å². The minimum Gasteiger partial charge on any atom is -0.480 e. The van der Waals surface area contributed by atoms with E-state index in [1.807, 2.05) is 6.07 Å². The van der Waals surface area contributed by atoms with Crippen LogP contribution in [-0.4, -0.2) is 41.9 Å². The van der Waals surface area contributed by atoms with Crippen molar-refractivity contribution in [3.63, 3.8) is 0 Å². The SMILES string of the molecule is CCCN1CCc2cc(CC(NC(=O)OC(C)(C)C)C(=O)O)ccc21. The van der Waals surface area contributed by atoms with E-state index in [0.717, 1.165) is 31.5 Å². The maximum absolute atomic E-state index is 11.9. The molecule has 138 valence electrons. The maximum Gasteiger partial charge on any atom is 0.408 e. The second-order valence-corrected chi connectivity index (χ2v) is 7.44. The van der Waals surface area contributed by atoms with E-state index in [4.69, 9.17) is 4.74 Å². The van der Waals surface area contributed by atoms with Crippen LogP contribution in [0.15, 0.2) is 18.2 Å². The third-order valence-corrected chi connectivity index (χ3v) is 4.06. The summed E-state index contributed by atoms with van der Waals surface area (Å²) in [6, 6.07) is 5.04. The van der Waals surface area contributed by atoms with Crippen molar-refractivity contribution in [2.24, 2.45) is 0 Å². The molecular formula is C19H28N2O4. The number of ether oxygens (including phenoxy) is 1. The monoisotopic (exact) mass is 348 g/mol. The topological polar surface area (TPSA) is 78.9 Å². The van der Waals surface area contributed by atoms with E-state index in [9.17, 15) is 14.7 Å². The lowest BCUT2D eigenvalue weighted by molar-refractivity contribution is -0.139. The molecule has 2 N–H and O–H groups in total. The molecule has 6 heteroatoms. The number of nitrogens with zero attached hydrogens (tertiary/aromatic N) is 1. The van der Waals surface area contributed by atoms with Gasteiger partial charge in [-0.2, -0.15) is 0 Å². The van der Waals surface area contributed by atoms with Crippen LogP contribution in [0.25, 0.3) is 0 Å². The number of carboxylic acid groups (broad SMARTS) is 1. The van der Waals surface area contributed by atoms with Gasteiger partial charge >= 0.3 is 12.1 Å². The van der Waals surface area contributed by atoms with Gasteiger partial charge in [0.05, 0.1) is 0 Å². The number of hydrogen-bond donors (Lipinski definition) is 2. The zero-order valence-electron chi connectivity index (χ0n) is 15.5. The number of fused-ring (bicyclic) bond motifs is 1. The van der Waals surface area contributed by atoms with Crippen LogP contribution in [0.4, 0.5) is 10.5 Å². The summed E-state index contributed by atoms with van der Waals surface area (Å²) in [5.74, 6) is -1.07. The molecule has 0 fully saturated rings. The summed E-state index contributed by atoms with van der Waals surface area (Å²) in [7, 11) is 0. The summed E-state index contributed by atoms with van der Waals surface area (Å²) < 4.78 is 5.15. The number of nitrogens with one attached hydrogen (secondary N) is 1. The molecule has 1 amide bonds. The van der Waals surface area contributed by atoms with Gasteiger partial charge in [0.25, 0.3) is 0 Å². The van der Waals surface area contributed by atoms with E-state index in [1.165, 1.54) is 11.3 Å². The van der Waals surface area contributed by atoms with Gasteiger partial charge in [-0.15, -0.1) is 0 Å². The molecule has 1 aliphatic heterocycles. The molecule has 0 saturated carbocycles. The van der Waals surface area contributed by atoms with Crippen LogP contribution in [0.2, 0.25) is 0 Å². The Morgan fingerprint density at radius 3 is 2.68 bits per heavy atom. The van der Waals surface area contributed by atoms with E-state index < -0.39 is 23.7 Å². The summed E-state index contributed by atoms with van der Waals surface area (Å²) in [5, 5.41) is 11.9. The number of carbonyl (C=O) groups excluding carboxylic acids is 1. The number of carbonyl (C=O) groups is 2. The van der Waals surface area contributed by atoms with Crippen molar-refractivity contribution in [2.75, 3.05) is 18.0 Å². The molecule has 0 aliphatic carbocycles. The number of anilines is 1. The largest absolute Gasteiger partial charge is 0.480 e. The molecule has 0 saturated heterocycles. The summed E-state index contributed by atoms with van der Waals surface area (Å²) in [5.41, 5.74) is 2.72. The number of hydrogen-bond acceptors (Lipinski definition) is 4. The van der Waals surface area contributed by atoms with Gasteiger partial charge in [-0.3, -0.25) is 0 Å². The second kappa shape index (κ2) is 7.76. The van der Waals surface area contributed by atoms with Crippen molar-refractivity contribution in [3.8, 4) is 0 Å². The van der Waals surface area contributed by atoms with E-state index >= 15 is 0 Å². The highest BCUT2D eigenvalue weighted by atomic mass is 16.6. The Labute approximate surface area is 149 Å². The van der Waals surface area contributed by atoms with Crippen LogP contribution in [0.5, 0.6) is 0 Å². The summed E-state index contributed by atoms with van der Waals surface area (Å²) >= 11 is 0. The first-order chi connectivity index (χ1) is 11.7. The molecule has 1 aromatic carbocycles. The third-order valence-electron chi connectivity index (χ3n) is 4.06. The number of carboxylic acids is 1.